The van der Waals surface area contributed by atoms with Crippen LogP contribution in [-0.4, -0.2) is 46.4 Å². The SMILES string of the molecule is CC(C)(C)[Si](C)(C)OCC1CC(=O)N1CC#C/C=C/C#C[Si](C)(C)C. The fraction of sp³-hybridized carbons (Fsp3) is 0.650. The molecule has 1 rings (SSSR count). The summed E-state index contributed by atoms with van der Waals surface area (Å²) in [5, 5.41) is 0.188. The predicted octanol–water partition coefficient (Wildman–Crippen LogP) is 4.05. The molecule has 1 aliphatic heterocycles. The Kier molecular flexibility index (Phi) is 7.32. The number of allylic oxidation sites excluding steroid dienone is 2. The third kappa shape index (κ3) is 7.24. The highest BCUT2D eigenvalue weighted by Gasteiger charge is 2.41. The molecule has 0 saturated carbocycles. The standard InChI is InChI=1S/C20H33NO2Si2/c1-20(2,3)25(7,8)23-17-18-16-19(22)21(18)14-12-10-9-11-13-15-24(4,5)6/h9,11,18H,14,16-17H2,1-8H3/b11-9+. The third-order valence-electron chi connectivity index (χ3n) is 4.66. The van der Waals surface area contributed by atoms with Gasteiger partial charge in [-0.25, -0.2) is 0 Å². The smallest absolute Gasteiger partial charge is 0.225 e. The molecule has 5 heteroatoms. The number of carbonyl (C=O) groups excluding carboxylic acids is 1. The number of amides is 1. The van der Waals surface area contributed by atoms with Gasteiger partial charge < -0.3 is 9.33 Å². The molecule has 3 nitrogen and oxygen atoms in total. The van der Waals surface area contributed by atoms with Crippen LogP contribution in [0.1, 0.15) is 27.2 Å². The maximum Gasteiger partial charge on any atom is 0.225 e. The average molecular weight is 376 g/mol. The number of carbonyl (C=O) groups is 1. The molecule has 0 radical (unpaired) electrons. The molecule has 1 saturated heterocycles. The van der Waals surface area contributed by atoms with E-state index in [1.165, 1.54) is 0 Å². The minimum absolute atomic E-state index is 0.167. The minimum Gasteiger partial charge on any atom is -0.415 e. The van der Waals surface area contributed by atoms with E-state index in [0.29, 0.717) is 19.6 Å². The summed E-state index contributed by atoms with van der Waals surface area (Å²) in [5.41, 5.74) is 3.26. The van der Waals surface area contributed by atoms with Crippen molar-refractivity contribution in [1.82, 2.24) is 4.90 Å². The van der Waals surface area contributed by atoms with Gasteiger partial charge in [0.1, 0.15) is 8.07 Å². The summed E-state index contributed by atoms with van der Waals surface area (Å²) in [6.07, 6.45) is 4.13. The van der Waals surface area contributed by atoms with Crippen LogP contribution in [-0.2, 0) is 9.22 Å². The topological polar surface area (TPSA) is 29.5 Å². The van der Waals surface area contributed by atoms with Crippen LogP contribution in [0, 0.1) is 23.3 Å². The molecular formula is C20H33NO2Si2. The molecule has 138 valence electrons. The summed E-state index contributed by atoms with van der Waals surface area (Å²) in [5.74, 6) is 9.22. The van der Waals surface area contributed by atoms with E-state index < -0.39 is 16.4 Å². The molecule has 1 fully saturated rings. The Labute approximate surface area is 156 Å². The summed E-state index contributed by atoms with van der Waals surface area (Å²) in [4.78, 5) is 13.6. The van der Waals surface area contributed by atoms with E-state index >= 15 is 0 Å². The number of β-lactam (4-membered cyclic amide) rings is 1. The van der Waals surface area contributed by atoms with Crippen LogP contribution in [0.15, 0.2) is 12.2 Å². The van der Waals surface area contributed by atoms with Crippen molar-refractivity contribution in [1.29, 1.82) is 0 Å². The number of hydrogen-bond donors (Lipinski definition) is 0. The highest BCUT2D eigenvalue weighted by atomic mass is 28.4. The molecule has 1 unspecified atom stereocenters. The first kappa shape index (κ1) is 21.8. The lowest BCUT2D eigenvalue weighted by atomic mass is 10.0. The predicted molar refractivity (Wildman–Crippen MR) is 111 cm³/mol. The Bertz CT molecular complexity index is 631. The van der Waals surface area contributed by atoms with Gasteiger partial charge in [-0.15, -0.1) is 5.54 Å². The highest BCUT2D eigenvalue weighted by Crippen LogP contribution is 2.37. The number of likely N-dealkylation sites (tertiary alicyclic amines) is 1. The van der Waals surface area contributed by atoms with Crippen molar-refractivity contribution in [2.24, 2.45) is 0 Å². The Morgan fingerprint density at radius 1 is 1.16 bits per heavy atom. The van der Waals surface area contributed by atoms with Crippen molar-refractivity contribution in [3.63, 3.8) is 0 Å². The third-order valence-corrected chi connectivity index (χ3v) is 10.1. The van der Waals surface area contributed by atoms with Crippen LogP contribution in [0.4, 0.5) is 0 Å². The number of nitrogens with zero attached hydrogens (tertiary/aromatic N) is 1. The molecule has 0 aromatic rings. The molecule has 0 aliphatic carbocycles. The molecule has 1 aliphatic rings. The van der Waals surface area contributed by atoms with Gasteiger partial charge >= 0.3 is 0 Å². The normalized spacial score (nSPS) is 18.3. The fourth-order valence-electron chi connectivity index (χ4n) is 1.94. The molecule has 0 aromatic heterocycles. The van der Waals surface area contributed by atoms with E-state index in [1.807, 2.05) is 4.90 Å². The Balaban J connectivity index is 2.49. The summed E-state index contributed by atoms with van der Waals surface area (Å²) < 4.78 is 6.24. The highest BCUT2D eigenvalue weighted by molar-refractivity contribution is 6.83. The lowest BCUT2D eigenvalue weighted by molar-refractivity contribution is -0.146. The molecule has 25 heavy (non-hydrogen) atoms. The second-order valence-corrected chi connectivity index (χ2v) is 18.7. The van der Waals surface area contributed by atoms with E-state index in [1.54, 1.807) is 12.2 Å². The molecule has 1 heterocycles. The first-order valence-corrected chi connectivity index (χ1v) is 15.3. The monoisotopic (exact) mass is 375 g/mol. The van der Waals surface area contributed by atoms with E-state index in [4.69, 9.17) is 4.43 Å². The molecular weight excluding hydrogens is 342 g/mol. The molecule has 1 atom stereocenters. The zero-order valence-corrected chi connectivity index (χ0v) is 19.1. The van der Waals surface area contributed by atoms with Crippen LogP contribution >= 0.6 is 0 Å². The van der Waals surface area contributed by atoms with E-state index in [-0.39, 0.29) is 17.0 Å². The summed E-state index contributed by atoms with van der Waals surface area (Å²) in [6, 6.07) is 0.173. The molecule has 1 amide bonds. The zero-order chi connectivity index (χ0) is 19.3. The van der Waals surface area contributed by atoms with Gasteiger partial charge in [0.05, 0.1) is 19.2 Å². The van der Waals surface area contributed by atoms with Gasteiger partial charge in [0, 0.05) is 6.42 Å². The largest absolute Gasteiger partial charge is 0.415 e. The van der Waals surface area contributed by atoms with Gasteiger partial charge in [0.2, 0.25) is 5.91 Å². The maximum atomic E-state index is 11.8. The molecule has 0 aromatic carbocycles. The van der Waals surface area contributed by atoms with Gasteiger partial charge in [-0.05, 0) is 30.3 Å². The first-order valence-electron chi connectivity index (χ1n) is 8.93. The minimum atomic E-state index is -1.77. The lowest BCUT2D eigenvalue weighted by Crippen LogP contribution is -2.56. The number of hydrogen-bond acceptors (Lipinski definition) is 2. The van der Waals surface area contributed by atoms with E-state index in [9.17, 15) is 4.79 Å². The van der Waals surface area contributed by atoms with Crippen molar-refractivity contribution >= 4 is 22.3 Å². The second kappa shape index (κ2) is 8.40. The Morgan fingerprint density at radius 2 is 1.76 bits per heavy atom. The van der Waals surface area contributed by atoms with Crippen LogP contribution in [0.3, 0.4) is 0 Å². The maximum absolute atomic E-state index is 11.8. The second-order valence-electron chi connectivity index (χ2n) is 9.12. The van der Waals surface area contributed by atoms with E-state index in [2.05, 4.69) is 76.8 Å². The van der Waals surface area contributed by atoms with Gasteiger partial charge in [-0.3, -0.25) is 4.79 Å². The first-order chi connectivity index (χ1) is 11.3. The summed E-state index contributed by atoms with van der Waals surface area (Å²) in [6.45, 7) is 18.9. The quantitative estimate of drug-likeness (QED) is 0.421. The molecule has 0 N–H and O–H groups in total. The zero-order valence-electron chi connectivity index (χ0n) is 17.1. The number of rotatable bonds is 4. The summed E-state index contributed by atoms with van der Waals surface area (Å²) >= 11 is 0. The fourth-order valence-corrected chi connectivity index (χ4v) is 3.50. The van der Waals surface area contributed by atoms with Crippen molar-refractivity contribution in [3.05, 3.63) is 12.2 Å². The molecule has 0 bridgehead atoms. The van der Waals surface area contributed by atoms with Crippen molar-refractivity contribution in [3.8, 4) is 23.3 Å². The van der Waals surface area contributed by atoms with Gasteiger partial charge in [0.25, 0.3) is 0 Å². The van der Waals surface area contributed by atoms with Gasteiger partial charge in [-0.1, -0.05) is 58.2 Å². The van der Waals surface area contributed by atoms with Gasteiger partial charge in [-0.2, -0.15) is 0 Å². The Hall–Kier alpha value is -1.28. The van der Waals surface area contributed by atoms with Crippen LogP contribution < -0.4 is 0 Å². The van der Waals surface area contributed by atoms with Crippen molar-refractivity contribution < 1.29 is 9.22 Å². The summed E-state index contributed by atoms with van der Waals surface area (Å²) in [7, 11) is -3.09. The van der Waals surface area contributed by atoms with Crippen molar-refractivity contribution in [2.75, 3.05) is 13.2 Å². The van der Waals surface area contributed by atoms with Crippen molar-refractivity contribution in [2.45, 2.75) is 71.0 Å². The Morgan fingerprint density at radius 3 is 2.28 bits per heavy atom. The lowest BCUT2D eigenvalue weighted by Gasteiger charge is -2.43. The molecule has 0 spiro atoms. The average Bonchev–Trinajstić information content (AvgIpc) is 2.43. The van der Waals surface area contributed by atoms with Crippen LogP contribution in [0.5, 0.6) is 0 Å². The van der Waals surface area contributed by atoms with Gasteiger partial charge in [0.15, 0.2) is 8.32 Å². The van der Waals surface area contributed by atoms with E-state index in [0.717, 1.165) is 0 Å². The van der Waals surface area contributed by atoms with Crippen LogP contribution in [0.25, 0.3) is 0 Å². The van der Waals surface area contributed by atoms with Crippen LogP contribution in [0.2, 0.25) is 37.8 Å².